The van der Waals surface area contributed by atoms with Crippen molar-refractivity contribution >= 4 is 50.5 Å². The Balaban J connectivity index is 1.62. The van der Waals surface area contributed by atoms with Gasteiger partial charge < -0.3 is 15.5 Å². The standard InChI is InChI=1S/C22H23ClFN3O2S/c1-3-27(4-2)12-11-25-21(28)14-5-8-16(9-6-14)26-22(29)20-19(23)17-10-7-15(24)13-18(17)30-20/h5-10,13H,3-4,11-12H2,1-2H3,(H,25,28)(H,26,29)/p+1. The van der Waals surface area contributed by atoms with Crippen molar-refractivity contribution in [2.24, 2.45) is 0 Å². The average Bonchev–Trinajstić information content (AvgIpc) is 3.07. The second-order valence-corrected chi connectivity index (χ2v) is 8.31. The lowest BCUT2D eigenvalue weighted by molar-refractivity contribution is -0.895. The number of fused-ring (bicyclic) bond motifs is 1. The number of nitrogens with one attached hydrogen (secondary N) is 3. The van der Waals surface area contributed by atoms with Gasteiger partial charge in [0.05, 0.1) is 31.2 Å². The Hall–Kier alpha value is -2.48. The van der Waals surface area contributed by atoms with Crippen LogP contribution in [0.1, 0.15) is 33.9 Å². The summed E-state index contributed by atoms with van der Waals surface area (Å²) in [6, 6.07) is 10.9. The second kappa shape index (κ2) is 10.0. The van der Waals surface area contributed by atoms with Crippen molar-refractivity contribution in [2.45, 2.75) is 13.8 Å². The molecule has 0 aliphatic rings. The van der Waals surface area contributed by atoms with Crippen molar-refractivity contribution < 1.29 is 18.9 Å². The van der Waals surface area contributed by atoms with Gasteiger partial charge in [0.1, 0.15) is 10.7 Å². The molecule has 5 nitrogen and oxygen atoms in total. The molecule has 0 unspecified atom stereocenters. The van der Waals surface area contributed by atoms with Crippen LogP contribution in [0.25, 0.3) is 10.1 Å². The third-order valence-corrected chi connectivity index (χ3v) is 6.62. The molecule has 0 aliphatic heterocycles. The normalized spacial score (nSPS) is 11.1. The maximum absolute atomic E-state index is 13.4. The summed E-state index contributed by atoms with van der Waals surface area (Å²) in [6.07, 6.45) is 0. The van der Waals surface area contributed by atoms with Gasteiger partial charge in [0.2, 0.25) is 0 Å². The lowest BCUT2D eigenvalue weighted by Crippen LogP contribution is -3.12. The highest BCUT2D eigenvalue weighted by molar-refractivity contribution is 7.21. The number of carbonyl (C=O) groups excluding carboxylic acids is 2. The Kier molecular flexibility index (Phi) is 7.42. The molecule has 8 heteroatoms. The highest BCUT2D eigenvalue weighted by atomic mass is 35.5. The van der Waals surface area contributed by atoms with Gasteiger partial charge in [0, 0.05) is 21.3 Å². The topological polar surface area (TPSA) is 62.6 Å². The van der Waals surface area contributed by atoms with Gasteiger partial charge in [-0.15, -0.1) is 11.3 Å². The van der Waals surface area contributed by atoms with Crippen molar-refractivity contribution in [3.05, 3.63) is 63.7 Å². The third-order valence-electron chi connectivity index (χ3n) is 4.97. The fraction of sp³-hybridized carbons (Fsp3) is 0.273. The van der Waals surface area contributed by atoms with E-state index in [-0.39, 0.29) is 17.6 Å². The van der Waals surface area contributed by atoms with Crippen LogP contribution in [-0.2, 0) is 0 Å². The van der Waals surface area contributed by atoms with E-state index in [0.717, 1.165) is 31.0 Å². The molecule has 2 aromatic carbocycles. The zero-order chi connectivity index (χ0) is 21.7. The first-order valence-electron chi connectivity index (χ1n) is 9.83. The minimum atomic E-state index is -0.375. The molecule has 0 spiro atoms. The van der Waals surface area contributed by atoms with E-state index in [2.05, 4.69) is 24.5 Å². The van der Waals surface area contributed by atoms with Gasteiger partial charge in [-0.05, 0) is 56.3 Å². The van der Waals surface area contributed by atoms with Crippen LogP contribution in [0.5, 0.6) is 0 Å². The number of rotatable bonds is 8. The molecule has 3 rings (SSSR count). The van der Waals surface area contributed by atoms with E-state index in [1.54, 1.807) is 30.3 Å². The van der Waals surface area contributed by atoms with Crippen LogP contribution in [0, 0.1) is 5.82 Å². The Labute approximate surface area is 183 Å². The van der Waals surface area contributed by atoms with Crippen LogP contribution >= 0.6 is 22.9 Å². The first-order valence-corrected chi connectivity index (χ1v) is 11.0. The molecule has 1 aromatic heterocycles. The van der Waals surface area contributed by atoms with E-state index in [9.17, 15) is 14.0 Å². The van der Waals surface area contributed by atoms with Crippen LogP contribution in [-0.4, -0.2) is 38.0 Å². The molecule has 0 aliphatic carbocycles. The smallest absolute Gasteiger partial charge is 0.267 e. The fourth-order valence-electron chi connectivity index (χ4n) is 3.14. The van der Waals surface area contributed by atoms with Gasteiger partial charge >= 0.3 is 0 Å². The van der Waals surface area contributed by atoms with Crippen molar-refractivity contribution in [2.75, 3.05) is 31.5 Å². The minimum absolute atomic E-state index is 0.144. The highest BCUT2D eigenvalue weighted by Gasteiger charge is 2.18. The zero-order valence-electron chi connectivity index (χ0n) is 16.9. The largest absolute Gasteiger partial charge is 0.346 e. The maximum atomic E-state index is 13.4. The number of hydrogen-bond acceptors (Lipinski definition) is 3. The summed E-state index contributed by atoms with van der Waals surface area (Å²) >= 11 is 7.44. The SMILES string of the molecule is CC[NH+](CC)CCNC(=O)c1ccc(NC(=O)c2sc3cc(F)ccc3c2Cl)cc1. The summed E-state index contributed by atoms with van der Waals surface area (Å²) < 4.78 is 14.0. The number of halogens is 2. The summed E-state index contributed by atoms with van der Waals surface area (Å²) in [7, 11) is 0. The average molecular weight is 449 g/mol. The first kappa shape index (κ1) is 22.2. The van der Waals surface area contributed by atoms with Gasteiger partial charge in [-0.2, -0.15) is 0 Å². The minimum Gasteiger partial charge on any atom is -0.346 e. The molecule has 0 fully saturated rings. The van der Waals surface area contributed by atoms with Gasteiger partial charge in [-0.1, -0.05) is 11.6 Å². The molecule has 158 valence electrons. The molecule has 0 atom stereocenters. The molecule has 0 saturated heterocycles. The molecule has 1 heterocycles. The van der Waals surface area contributed by atoms with Crippen molar-refractivity contribution in [3.63, 3.8) is 0 Å². The van der Waals surface area contributed by atoms with E-state index >= 15 is 0 Å². The number of amides is 2. The third kappa shape index (κ3) is 5.16. The molecule has 30 heavy (non-hydrogen) atoms. The number of benzene rings is 2. The van der Waals surface area contributed by atoms with E-state index in [4.69, 9.17) is 11.6 Å². The molecular weight excluding hydrogens is 425 g/mol. The Morgan fingerprint density at radius 2 is 1.77 bits per heavy atom. The van der Waals surface area contributed by atoms with Gasteiger partial charge in [-0.3, -0.25) is 9.59 Å². The summed E-state index contributed by atoms with van der Waals surface area (Å²) in [5.41, 5.74) is 1.07. The van der Waals surface area contributed by atoms with E-state index in [1.165, 1.54) is 17.0 Å². The molecule has 0 saturated carbocycles. The first-order chi connectivity index (χ1) is 14.4. The number of quaternary nitrogens is 1. The monoisotopic (exact) mass is 448 g/mol. The molecular formula is C22H24ClFN3O2S+. The summed E-state index contributed by atoms with van der Waals surface area (Å²) in [6.45, 7) is 7.79. The van der Waals surface area contributed by atoms with E-state index in [0.29, 0.717) is 37.8 Å². The van der Waals surface area contributed by atoms with Crippen molar-refractivity contribution in [1.29, 1.82) is 0 Å². The van der Waals surface area contributed by atoms with Crippen LogP contribution in [0.3, 0.4) is 0 Å². The van der Waals surface area contributed by atoms with Crippen molar-refractivity contribution in [1.82, 2.24) is 5.32 Å². The van der Waals surface area contributed by atoms with E-state index < -0.39 is 0 Å². The van der Waals surface area contributed by atoms with Gasteiger partial charge in [-0.25, -0.2) is 4.39 Å². The molecule has 3 aromatic rings. The number of thiophene rings is 1. The van der Waals surface area contributed by atoms with Gasteiger partial charge in [0.15, 0.2) is 0 Å². The van der Waals surface area contributed by atoms with E-state index in [1.807, 2.05) is 0 Å². The Morgan fingerprint density at radius 1 is 1.07 bits per heavy atom. The Bertz CT molecular complexity index is 1050. The summed E-state index contributed by atoms with van der Waals surface area (Å²) in [4.78, 5) is 26.6. The molecule has 3 N–H and O–H groups in total. The zero-order valence-corrected chi connectivity index (χ0v) is 18.4. The second-order valence-electron chi connectivity index (χ2n) is 6.88. The predicted molar refractivity (Wildman–Crippen MR) is 120 cm³/mol. The maximum Gasteiger partial charge on any atom is 0.267 e. The lowest BCUT2D eigenvalue weighted by Gasteiger charge is -2.15. The molecule has 0 radical (unpaired) electrons. The summed E-state index contributed by atoms with van der Waals surface area (Å²) in [5.74, 6) is -0.894. The molecule has 2 amide bonds. The Morgan fingerprint density at radius 3 is 2.43 bits per heavy atom. The highest BCUT2D eigenvalue weighted by Crippen LogP contribution is 2.36. The number of likely N-dealkylation sites (N-methyl/N-ethyl adjacent to an activating group) is 1. The number of anilines is 1. The van der Waals surface area contributed by atoms with Crippen LogP contribution < -0.4 is 15.5 Å². The fourth-order valence-corrected chi connectivity index (χ4v) is 4.57. The van der Waals surface area contributed by atoms with Crippen LogP contribution in [0.2, 0.25) is 5.02 Å². The van der Waals surface area contributed by atoms with Gasteiger partial charge in [0.25, 0.3) is 11.8 Å². The lowest BCUT2D eigenvalue weighted by atomic mass is 10.2. The molecule has 0 bridgehead atoms. The quantitative estimate of drug-likeness (QED) is 0.493. The van der Waals surface area contributed by atoms with Crippen LogP contribution in [0.4, 0.5) is 10.1 Å². The number of hydrogen-bond donors (Lipinski definition) is 3. The predicted octanol–water partition coefficient (Wildman–Crippen LogP) is 3.60. The van der Waals surface area contributed by atoms with Crippen molar-refractivity contribution in [3.8, 4) is 0 Å². The summed E-state index contributed by atoms with van der Waals surface area (Å²) in [5, 5.41) is 6.64. The van der Waals surface area contributed by atoms with Crippen LogP contribution in [0.15, 0.2) is 42.5 Å². The number of carbonyl (C=O) groups is 2.